The molecule has 4 bridgehead atoms. The summed E-state index contributed by atoms with van der Waals surface area (Å²) in [6.45, 7) is 0. The van der Waals surface area contributed by atoms with E-state index in [1.807, 2.05) is 12.3 Å². The van der Waals surface area contributed by atoms with Gasteiger partial charge in [0.05, 0.1) is 5.69 Å². The van der Waals surface area contributed by atoms with E-state index < -0.39 is 6.10 Å². The molecule has 6 rings (SSSR count). The summed E-state index contributed by atoms with van der Waals surface area (Å²) < 4.78 is 6.36. The average molecular weight is 402 g/mol. The largest absolute Gasteiger partial charge is 0.464 e. The molecule has 5 nitrogen and oxygen atoms in total. The Labute approximate surface area is 171 Å². The van der Waals surface area contributed by atoms with Gasteiger partial charge in [0, 0.05) is 17.4 Å². The van der Waals surface area contributed by atoms with Gasteiger partial charge >= 0.3 is 0 Å². The van der Waals surface area contributed by atoms with Crippen molar-refractivity contribution >= 4 is 17.7 Å². The van der Waals surface area contributed by atoms with E-state index in [9.17, 15) is 4.79 Å². The van der Waals surface area contributed by atoms with Crippen molar-refractivity contribution in [3.63, 3.8) is 0 Å². The van der Waals surface area contributed by atoms with Crippen molar-refractivity contribution in [1.82, 2.24) is 9.97 Å². The smallest absolute Gasteiger partial charge is 0.259 e. The van der Waals surface area contributed by atoms with Crippen LogP contribution in [0.2, 0.25) is 0 Å². The number of nitrogens with zero attached hydrogens (tertiary/aromatic N) is 2. The van der Waals surface area contributed by atoms with E-state index in [4.69, 9.17) is 15.5 Å². The third kappa shape index (κ3) is 3.31. The number of thioether (sulfide) groups is 1. The van der Waals surface area contributed by atoms with Crippen LogP contribution in [0.4, 0.5) is 0 Å². The first kappa shape index (κ1) is 18.7. The van der Waals surface area contributed by atoms with Crippen molar-refractivity contribution in [3.05, 3.63) is 11.8 Å². The van der Waals surface area contributed by atoms with Crippen molar-refractivity contribution in [1.29, 1.82) is 0 Å². The van der Waals surface area contributed by atoms with Crippen LogP contribution in [-0.4, -0.2) is 28.2 Å². The normalized spacial score (nSPS) is 35.2. The van der Waals surface area contributed by atoms with Crippen molar-refractivity contribution in [2.75, 3.05) is 6.26 Å². The topological polar surface area (TPSA) is 78.1 Å². The number of carbonyl (C=O) groups excluding carboxylic acids is 1. The standard InChI is InChI=1S/C22H31N3O2S/c1-28-21-24-17(16-4-2-3-5-16)9-18(25-21)27-19(20(23)26)22-10-13-6-14(11-22)8-15(7-13)12-22/h9,13-16,19H,2-8,10-12H2,1H3,(H2,23,26). The van der Waals surface area contributed by atoms with Gasteiger partial charge in [0.2, 0.25) is 5.88 Å². The van der Waals surface area contributed by atoms with Crippen molar-refractivity contribution in [2.45, 2.75) is 81.4 Å². The van der Waals surface area contributed by atoms with Crippen LogP contribution in [-0.2, 0) is 4.79 Å². The van der Waals surface area contributed by atoms with Crippen LogP contribution in [0.25, 0.3) is 0 Å². The van der Waals surface area contributed by atoms with Crippen LogP contribution in [0.5, 0.6) is 5.88 Å². The van der Waals surface area contributed by atoms with Crippen LogP contribution >= 0.6 is 11.8 Å². The van der Waals surface area contributed by atoms with Crippen LogP contribution < -0.4 is 10.5 Å². The quantitative estimate of drug-likeness (QED) is 0.568. The molecule has 2 N–H and O–H groups in total. The van der Waals surface area contributed by atoms with Crippen molar-refractivity contribution in [3.8, 4) is 5.88 Å². The first-order valence-electron chi connectivity index (χ1n) is 10.9. The predicted molar refractivity (Wildman–Crippen MR) is 109 cm³/mol. The molecule has 0 saturated heterocycles. The molecule has 5 saturated carbocycles. The maximum atomic E-state index is 12.6. The molecule has 1 aromatic rings. The maximum Gasteiger partial charge on any atom is 0.259 e. The zero-order valence-corrected chi connectivity index (χ0v) is 17.5. The van der Waals surface area contributed by atoms with Gasteiger partial charge in [-0.05, 0) is 75.4 Å². The molecule has 28 heavy (non-hydrogen) atoms. The Kier molecular flexibility index (Phi) is 4.80. The van der Waals surface area contributed by atoms with Crippen LogP contribution in [0.1, 0.15) is 75.8 Å². The van der Waals surface area contributed by atoms with E-state index in [-0.39, 0.29) is 11.3 Å². The zero-order valence-electron chi connectivity index (χ0n) is 16.7. The molecule has 152 valence electrons. The Morgan fingerprint density at radius 3 is 2.29 bits per heavy atom. The molecular formula is C22H31N3O2S. The van der Waals surface area contributed by atoms with Gasteiger partial charge in [-0.2, -0.15) is 4.98 Å². The molecule has 0 aromatic carbocycles. The average Bonchev–Trinajstić information content (AvgIpc) is 3.19. The number of amides is 1. The summed E-state index contributed by atoms with van der Waals surface area (Å²) in [5, 5.41) is 0.730. The Bertz CT molecular complexity index is 727. The maximum absolute atomic E-state index is 12.6. The van der Waals surface area contributed by atoms with Crippen LogP contribution in [0.15, 0.2) is 11.2 Å². The molecule has 6 heteroatoms. The lowest BCUT2D eigenvalue weighted by atomic mass is 9.48. The summed E-state index contributed by atoms with van der Waals surface area (Å²) in [6, 6.07) is 1.98. The fourth-order valence-electron chi connectivity index (χ4n) is 7.11. The molecule has 5 aliphatic carbocycles. The zero-order chi connectivity index (χ0) is 19.3. The van der Waals surface area contributed by atoms with Gasteiger partial charge in [0.1, 0.15) is 0 Å². The number of nitrogens with two attached hydrogens (primary N) is 1. The molecule has 0 spiro atoms. The van der Waals surface area contributed by atoms with E-state index >= 15 is 0 Å². The van der Waals surface area contributed by atoms with Gasteiger partial charge in [-0.1, -0.05) is 24.6 Å². The monoisotopic (exact) mass is 401 g/mol. The van der Waals surface area contributed by atoms with Gasteiger partial charge < -0.3 is 10.5 Å². The predicted octanol–water partition coefficient (Wildman–Crippen LogP) is 4.31. The summed E-state index contributed by atoms with van der Waals surface area (Å²) in [7, 11) is 0. The lowest BCUT2D eigenvalue weighted by Crippen LogP contribution is -2.57. The second kappa shape index (κ2) is 7.19. The number of aromatic nitrogens is 2. The molecule has 5 aliphatic rings. The molecule has 0 aliphatic heterocycles. The van der Waals surface area contributed by atoms with E-state index in [1.54, 1.807) is 0 Å². The van der Waals surface area contributed by atoms with Gasteiger partial charge in [0.25, 0.3) is 5.91 Å². The van der Waals surface area contributed by atoms with Gasteiger partial charge in [0.15, 0.2) is 11.3 Å². The third-order valence-corrected chi connectivity index (χ3v) is 8.34. The van der Waals surface area contributed by atoms with Gasteiger partial charge in [-0.3, -0.25) is 4.79 Å². The number of carbonyl (C=O) groups is 1. The minimum absolute atomic E-state index is 0.0847. The Morgan fingerprint density at radius 2 is 1.75 bits per heavy atom. The number of rotatable bonds is 6. The Morgan fingerprint density at radius 1 is 1.14 bits per heavy atom. The first-order chi connectivity index (χ1) is 13.5. The lowest BCUT2D eigenvalue weighted by Gasteiger charge is -2.58. The Hall–Kier alpha value is -1.30. The number of hydrogen-bond acceptors (Lipinski definition) is 5. The highest BCUT2D eigenvalue weighted by molar-refractivity contribution is 7.98. The number of ether oxygens (including phenoxy) is 1. The van der Waals surface area contributed by atoms with Gasteiger partial charge in [-0.25, -0.2) is 4.98 Å². The molecule has 1 unspecified atom stereocenters. The van der Waals surface area contributed by atoms with Gasteiger partial charge in [-0.15, -0.1) is 0 Å². The highest BCUT2D eigenvalue weighted by atomic mass is 32.2. The second-order valence-corrected chi connectivity index (χ2v) is 10.6. The molecule has 1 aromatic heterocycles. The van der Waals surface area contributed by atoms with E-state index in [2.05, 4.69) is 4.98 Å². The molecule has 1 heterocycles. The summed E-state index contributed by atoms with van der Waals surface area (Å²) in [4.78, 5) is 21.9. The third-order valence-electron chi connectivity index (χ3n) is 7.80. The lowest BCUT2D eigenvalue weighted by molar-refractivity contribution is -0.148. The molecule has 1 amide bonds. The summed E-state index contributed by atoms with van der Waals surface area (Å²) in [5.74, 6) is 2.95. The van der Waals surface area contributed by atoms with E-state index in [1.165, 1.54) is 56.7 Å². The molecule has 5 fully saturated rings. The molecular weight excluding hydrogens is 370 g/mol. The van der Waals surface area contributed by atoms with Crippen molar-refractivity contribution < 1.29 is 9.53 Å². The van der Waals surface area contributed by atoms with Crippen LogP contribution in [0, 0.1) is 23.2 Å². The summed E-state index contributed by atoms with van der Waals surface area (Å²) >= 11 is 1.53. The summed E-state index contributed by atoms with van der Waals surface area (Å²) in [5.41, 5.74) is 6.91. The number of hydrogen-bond donors (Lipinski definition) is 1. The number of primary amides is 1. The van der Waals surface area contributed by atoms with E-state index in [0.29, 0.717) is 11.8 Å². The highest BCUT2D eigenvalue weighted by Gasteiger charge is 2.56. The SMILES string of the molecule is CSc1nc(OC(C(N)=O)C23CC4CC(CC(C4)C2)C3)cc(C2CCCC2)n1. The van der Waals surface area contributed by atoms with Crippen LogP contribution in [0.3, 0.4) is 0 Å². The Balaban J connectivity index is 1.44. The molecule has 1 atom stereocenters. The minimum Gasteiger partial charge on any atom is -0.464 e. The summed E-state index contributed by atoms with van der Waals surface area (Å²) in [6.07, 6.45) is 13.6. The van der Waals surface area contributed by atoms with Crippen molar-refractivity contribution in [2.24, 2.45) is 28.9 Å². The fourth-order valence-corrected chi connectivity index (χ4v) is 7.49. The fraction of sp³-hybridized carbons (Fsp3) is 0.773. The highest BCUT2D eigenvalue weighted by Crippen LogP contribution is 2.61. The van der Waals surface area contributed by atoms with E-state index in [0.717, 1.165) is 47.9 Å². The molecule has 0 radical (unpaired) electrons. The second-order valence-electron chi connectivity index (χ2n) is 9.78. The minimum atomic E-state index is -0.568. The first-order valence-corrected chi connectivity index (χ1v) is 12.2.